The van der Waals surface area contributed by atoms with E-state index in [1.165, 1.54) is 12.1 Å². The average Bonchev–Trinajstić information content (AvgIpc) is 2.57. The Kier molecular flexibility index (Phi) is 6.32. The van der Waals surface area contributed by atoms with Crippen molar-refractivity contribution >= 4 is 5.91 Å². The topological polar surface area (TPSA) is 47.6 Å². The number of hydrogen-bond acceptors (Lipinski definition) is 3. The van der Waals surface area contributed by atoms with Crippen molar-refractivity contribution in [2.24, 2.45) is 0 Å². The first-order valence-corrected chi connectivity index (χ1v) is 7.86. The third-order valence-corrected chi connectivity index (χ3v) is 3.64. The standard InChI is InChI=1S/C19H22FNO3/c1-4-24-18-10-7-15(11-16(18)12-23-3)19(22)21-13(2)14-5-8-17(20)9-6-14/h5-11,13H,4,12H2,1-3H3,(H,21,22)/t13-/m0/s1. The molecule has 1 amide bonds. The fourth-order valence-corrected chi connectivity index (χ4v) is 2.40. The van der Waals surface area contributed by atoms with Crippen LogP contribution in [0.25, 0.3) is 0 Å². The summed E-state index contributed by atoms with van der Waals surface area (Å²) in [6, 6.07) is 11.1. The molecule has 0 aliphatic rings. The number of methoxy groups -OCH3 is 1. The average molecular weight is 331 g/mol. The van der Waals surface area contributed by atoms with E-state index in [9.17, 15) is 9.18 Å². The van der Waals surface area contributed by atoms with Gasteiger partial charge in [-0.3, -0.25) is 4.79 Å². The minimum absolute atomic E-state index is 0.202. The summed E-state index contributed by atoms with van der Waals surface area (Å²) >= 11 is 0. The number of benzene rings is 2. The molecule has 1 N–H and O–H groups in total. The van der Waals surface area contributed by atoms with Crippen molar-refractivity contribution in [3.8, 4) is 5.75 Å². The van der Waals surface area contributed by atoms with E-state index in [2.05, 4.69) is 5.32 Å². The van der Waals surface area contributed by atoms with Crippen molar-refractivity contribution in [3.05, 3.63) is 65.0 Å². The summed E-state index contributed by atoms with van der Waals surface area (Å²) in [6.07, 6.45) is 0. The second-order valence-corrected chi connectivity index (χ2v) is 5.44. The number of rotatable bonds is 7. The molecule has 1 atom stereocenters. The fourth-order valence-electron chi connectivity index (χ4n) is 2.40. The van der Waals surface area contributed by atoms with Crippen LogP contribution < -0.4 is 10.1 Å². The highest BCUT2D eigenvalue weighted by atomic mass is 19.1. The second-order valence-electron chi connectivity index (χ2n) is 5.44. The third-order valence-electron chi connectivity index (χ3n) is 3.64. The Morgan fingerprint density at radius 3 is 2.54 bits per heavy atom. The Morgan fingerprint density at radius 1 is 1.21 bits per heavy atom. The van der Waals surface area contributed by atoms with E-state index in [0.29, 0.717) is 24.5 Å². The van der Waals surface area contributed by atoms with Crippen LogP contribution >= 0.6 is 0 Å². The van der Waals surface area contributed by atoms with E-state index in [1.54, 1.807) is 37.4 Å². The van der Waals surface area contributed by atoms with Gasteiger partial charge in [0.05, 0.1) is 19.3 Å². The van der Waals surface area contributed by atoms with E-state index >= 15 is 0 Å². The SMILES string of the molecule is CCOc1ccc(C(=O)N[C@@H](C)c2ccc(F)cc2)cc1COC. The van der Waals surface area contributed by atoms with Gasteiger partial charge in [-0.1, -0.05) is 12.1 Å². The molecule has 0 radical (unpaired) electrons. The zero-order chi connectivity index (χ0) is 17.5. The Bertz CT molecular complexity index is 686. The van der Waals surface area contributed by atoms with Gasteiger partial charge in [0, 0.05) is 18.2 Å². The van der Waals surface area contributed by atoms with Crippen molar-refractivity contribution < 1.29 is 18.7 Å². The summed E-state index contributed by atoms with van der Waals surface area (Å²) in [5.74, 6) is 0.211. The molecule has 24 heavy (non-hydrogen) atoms. The highest BCUT2D eigenvalue weighted by molar-refractivity contribution is 5.94. The molecule has 0 aromatic heterocycles. The minimum Gasteiger partial charge on any atom is -0.494 e. The monoisotopic (exact) mass is 331 g/mol. The van der Waals surface area contributed by atoms with Gasteiger partial charge < -0.3 is 14.8 Å². The highest BCUT2D eigenvalue weighted by Gasteiger charge is 2.14. The van der Waals surface area contributed by atoms with Gasteiger partial charge in [0.25, 0.3) is 5.91 Å². The molecule has 2 aromatic rings. The summed E-state index contributed by atoms with van der Waals surface area (Å²) in [5, 5.41) is 2.91. The Labute approximate surface area is 141 Å². The van der Waals surface area contributed by atoms with Gasteiger partial charge in [-0.25, -0.2) is 4.39 Å². The lowest BCUT2D eigenvalue weighted by Crippen LogP contribution is -2.26. The Balaban J connectivity index is 2.13. The van der Waals surface area contributed by atoms with Crippen LogP contribution in [0.5, 0.6) is 5.75 Å². The molecule has 2 aromatic carbocycles. The van der Waals surface area contributed by atoms with Crippen LogP contribution in [0, 0.1) is 5.82 Å². The molecule has 5 heteroatoms. The van der Waals surface area contributed by atoms with Gasteiger partial charge in [0.2, 0.25) is 0 Å². The summed E-state index contributed by atoms with van der Waals surface area (Å²) in [6.45, 7) is 4.67. The van der Waals surface area contributed by atoms with Crippen molar-refractivity contribution in [1.29, 1.82) is 0 Å². The molecule has 0 saturated heterocycles. The van der Waals surface area contributed by atoms with Crippen LogP contribution in [0.3, 0.4) is 0 Å². The smallest absolute Gasteiger partial charge is 0.251 e. The second kappa shape index (κ2) is 8.45. The summed E-state index contributed by atoms with van der Waals surface area (Å²) in [7, 11) is 1.60. The predicted octanol–water partition coefficient (Wildman–Crippen LogP) is 3.86. The highest BCUT2D eigenvalue weighted by Crippen LogP contribution is 2.22. The molecule has 128 valence electrons. The van der Waals surface area contributed by atoms with E-state index in [1.807, 2.05) is 13.8 Å². The molecular formula is C19H22FNO3. The zero-order valence-corrected chi connectivity index (χ0v) is 14.1. The quantitative estimate of drug-likeness (QED) is 0.838. The van der Waals surface area contributed by atoms with Crippen LogP contribution in [0.2, 0.25) is 0 Å². The first kappa shape index (κ1) is 17.9. The largest absolute Gasteiger partial charge is 0.494 e. The van der Waals surface area contributed by atoms with Gasteiger partial charge in [-0.05, 0) is 49.7 Å². The summed E-state index contributed by atoms with van der Waals surface area (Å²) in [4.78, 5) is 12.5. The van der Waals surface area contributed by atoms with E-state index < -0.39 is 0 Å². The molecule has 0 unspecified atom stereocenters. The van der Waals surface area contributed by atoms with E-state index in [4.69, 9.17) is 9.47 Å². The van der Waals surface area contributed by atoms with Crippen LogP contribution in [0.1, 0.15) is 41.4 Å². The number of carbonyl (C=O) groups is 1. The first-order chi connectivity index (χ1) is 11.5. The number of nitrogens with one attached hydrogen (secondary N) is 1. The lowest BCUT2D eigenvalue weighted by molar-refractivity contribution is 0.0939. The molecule has 0 bridgehead atoms. The summed E-state index contributed by atoms with van der Waals surface area (Å²) in [5.41, 5.74) is 2.19. The van der Waals surface area contributed by atoms with Crippen molar-refractivity contribution in [2.45, 2.75) is 26.5 Å². The van der Waals surface area contributed by atoms with E-state index in [0.717, 1.165) is 11.1 Å². The van der Waals surface area contributed by atoms with Crippen molar-refractivity contribution in [2.75, 3.05) is 13.7 Å². The van der Waals surface area contributed by atoms with Crippen LogP contribution in [0.4, 0.5) is 4.39 Å². The molecule has 0 heterocycles. The number of halogens is 1. The lowest BCUT2D eigenvalue weighted by atomic mass is 10.1. The number of carbonyl (C=O) groups excluding carboxylic acids is 1. The number of amides is 1. The fraction of sp³-hybridized carbons (Fsp3) is 0.316. The van der Waals surface area contributed by atoms with Gasteiger partial charge in [0.15, 0.2) is 0 Å². The predicted molar refractivity (Wildman–Crippen MR) is 90.6 cm³/mol. The lowest BCUT2D eigenvalue weighted by Gasteiger charge is -2.16. The first-order valence-electron chi connectivity index (χ1n) is 7.86. The molecule has 2 rings (SSSR count). The van der Waals surface area contributed by atoms with E-state index in [-0.39, 0.29) is 17.8 Å². The number of ether oxygens (including phenoxy) is 2. The number of hydrogen-bond donors (Lipinski definition) is 1. The maximum atomic E-state index is 13.0. The molecular weight excluding hydrogens is 309 g/mol. The van der Waals surface area contributed by atoms with Gasteiger partial charge >= 0.3 is 0 Å². The third kappa shape index (κ3) is 4.55. The van der Waals surface area contributed by atoms with Crippen LogP contribution in [-0.4, -0.2) is 19.6 Å². The Hall–Kier alpha value is -2.40. The normalized spacial score (nSPS) is 11.8. The minimum atomic E-state index is -0.298. The molecule has 0 spiro atoms. The maximum absolute atomic E-state index is 13.0. The molecule has 0 aliphatic carbocycles. The van der Waals surface area contributed by atoms with Crippen LogP contribution in [-0.2, 0) is 11.3 Å². The molecule has 0 fully saturated rings. The van der Waals surface area contributed by atoms with Gasteiger partial charge in [0.1, 0.15) is 11.6 Å². The molecule has 0 aliphatic heterocycles. The molecule has 4 nitrogen and oxygen atoms in total. The zero-order valence-electron chi connectivity index (χ0n) is 14.1. The Morgan fingerprint density at radius 2 is 1.92 bits per heavy atom. The molecule has 0 saturated carbocycles. The van der Waals surface area contributed by atoms with Crippen molar-refractivity contribution in [1.82, 2.24) is 5.32 Å². The summed E-state index contributed by atoms with van der Waals surface area (Å²) < 4.78 is 23.7. The van der Waals surface area contributed by atoms with Crippen LogP contribution in [0.15, 0.2) is 42.5 Å². The van der Waals surface area contributed by atoms with Gasteiger partial charge in [-0.15, -0.1) is 0 Å². The van der Waals surface area contributed by atoms with Crippen molar-refractivity contribution in [3.63, 3.8) is 0 Å². The maximum Gasteiger partial charge on any atom is 0.251 e. The van der Waals surface area contributed by atoms with Gasteiger partial charge in [-0.2, -0.15) is 0 Å².